The van der Waals surface area contributed by atoms with Crippen molar-refractivity contribution >= 4 is 11.0 Å². The lowest BCUT2D eigenvalue weighted by atomic mass is 9.79. The lowest BCUT2D eigenvalue weighted by Crippen LogP contribution is -2.51. The summed E-state index contributed by atoms with van der Waals surface area (Å²) in [5.41, 5.74) is 3.35. The molecule has 1 saturated heterocycles. The molecule has 4 rings (SSSR count). The minimum absolute atomic E-state index is 0.0514. The van der Waals surface area contributed by atoms with Gasteiger partial charge in [0.2, 0.25) is 0 Å². The topological polar surface area (TPSA) is 61.4 Å². The average Bonchev–Trinajstić information content (AvgIpc) is 3.14. The number of nitrogens with zero attached hydrogens (tertiary/aromatic N) is 2. The Bertz CT molecular complexity index is 728. The lowest BCUT2D eigenvalue weighted by Gasteiger charge is -2.42. The molecule has 0 amide bonds. The molecule has 2 aromatic rings. The second kappa shape index (κ2) is 6.14. The van der Waals surface area contributed by atoms with E-state index in [2.05, 4.69) is 35.0 Å². The molecule has 5 heteroatoms. The number of likely N-dealkylation sites (tertiary alicyclic amines) is 1. The number of hydrogen-bond donors (Lipinski definition) is 2. The van der Waals surface area contributed by atoms with Gasteiger partial charge in [0.1, 0.15) is 5.82 Å². The van der Waals surface area contributed by atoms with Crippen LogP contribution in [0.1, 0.15) is 37.1 Å². The highest BCUT2D eigenvalue weighted by Crippen LogP contribution is 2.42. The summed E-state index contributed by atoms with van der Waals surface area (Å²) < 4.78 is 5.92. The summed E-state index contributed by atoms with van der Waals surface area (Å²) >= 11 is 0. The van der Waals surface area contributed by atoms with Gasteiger partial charge in [-0.3, -0.25) is 4.90 Å². The molecule has 0 bridgehead atoms. The number of aryl methyl sites for hydroxylation is 1. The van der Waals surface area contributed by atoms with E-state index in [1.54, 1.807) is 0 Å². The Kier molecular flexibility index (Phi) is 4.11. The van der Waals surface area contributed by atoms with Crippen LogP contribution < -0.4 is 0 Å². The van der Waals surface area contributed by atoms with Crippen molar-refractivity contribution in [2.24, 2.45) is 0 Å². The number of aromatic amines is 1. The highest BCUT2D eigenvalue weighted by Gasteiger charge is 2.50. The van der Waals surface area contributed by atoms with Gasteiger partial charge in [-0.05, 0) is 50.3 Å². The van der Waals surface area contributed by atoms with Crippen LogP contribution >= 0.6 is 0 Å². The zero-order valence-electron chi connectivity index (χ0n) is 14.6. The van der Waals surface area contributed by atoms with Gasteiger partial charge in [-0.2, -0.15) is 0 Å². The minimum atomic E-state index is -0.187. The Labute approximate surface area is 143 Å². The molecule has 2 fully saturated rings. The predicted octanol–water partition coefficient (Wildman–Crippen LogP) is 2.42. The van der Waals surface area contributed by atoms with Crippen molar-refractivity contribution in [1.82, 2.24) is 14.9 Å². The molecule has 2 N–H and O–H groups in total. The Morgan fingerprint density at radius 3 is 3.12 bits per heavy atom. The first-order chi connectivity index (χ1) is 11.6. The van der Waals surface area contributed by atoms with Gasteiger partial charge >= 0.3 is 0 Å². The first-order valence-corrected chi connectivity index (χ1v) is 9.02. The van der Waals surface area contributed by atoms with E-state index in [0.29, 0.717) is 6.04 Å². The monoisotopic (exact) mass is 329 g/mol. The predicted molar refractivity (Wildman–Crippen MR) is 94.1 cm³/mol. The molecule has 0 radical (unpaired) electrons. The second-order valence-corrected chi connectivity index (χ2v) is 7.45. The number of rotatable bonds is 4. The molecule has 0 spiro atoms. The van der Waals surface area contributed by atoms with E-state index >= 15 is 0 Å². The average molecular weight is 329 g/mol. The maximum absolute atomic E-state index is 10.1. The first-order valence-electron chi connectivity index (χ1n) is 9.02. The first kappa shape index (κ1) is 16.1. The van der Waals surface area contributed by atoms with Crippen LogP contribution in [0, 0.1) is 6.92 Å². The number of aliphatic hydroxyl groups is 1. The zero-order valence-corrected chi connectivity index (χ0v) is 14.6. The molecule has 1 aromatic carbocycles. The summed E-state index contributed by atoms with van der Waals surface area (Å²) in [6.07, 6.45) is 4.44. The summed E-state index contributed by atoms with van der Waals surface area (Å²) in [7, 11) is 1.83. The van der Waals surface area contributed by atoms with Crippen molar-refractivity contribution in [2.45, 2.75) is 56.8 Å². The summed E-state index contributed by atoms with van der Waals surface area (Å²) in [5, 5.41) is 10.1. The van der Waals surface area contributed by atoms with Crippen LogP contribution in [0.15, 0.2) is 18.2 Å². The van der Waals surface area contributed by atoms with Gasteiger partial charge in [0.05, 0.1) is 22.7 Å². The number of aliphatic hydroxyl groups excluding tert-OH is 1. The fourth-order valence-corrected chi connectivity index (χ4v) is 4.58. The van der Waals surface area contributed by atoms with Crippen LogP contribution in [-0.2, 0) is 11.2 Å². The van der Waals surface area contributed by atoms with E-state index < -0.39 is 0 Å². The van der Waals surface area contributed by atoms with Crippen LogP contribution in [0.25, 0.3) is 11.0 Å². The van der Waals surface area contributed by atoms with Crippen molar-refractivity contribution in [3.05, 3.63) is 29.6 Å². The normalized spacial score (nSPS) is 30.8. The fourth-order valence-electron chi connectivity index (χ4n) is 4.58. The van der Waals surface area contributed by atoms with Crippen LogP contribution in [0.2, 0.25) is 0 Å². The molecule has 1 aliphatic heterocycles. The van der Waals surface area contributed by atoms with E-state index in [4.69, 9.17) is 9.72 Å². The smallest absolute Gasteiger partial charge is 0.108 e. The van der Waals surface area contributed by atoms with Crippen molar-refractivity contribution in [2.75, 3.05) is 20.2 Å². The van der Waals surface area contributed by atoms with Gasteiger partial charge in [0, 0.05) is 32.7 Å². The van der Waals surface area contributed by atoms with Crippen molar-refractivity contribution in [3.8, 4) is 0 Å². The third-order valence-electron chi connectivity index (χ3n) is 6.00. The summed E-state index contributed by atoms with van der Waals surface area (Å²) in [5.74, 6) is 1.04. The van der Waals surface area contributed by atoms with E-state index in [1.807, 2.05) is 7.11 Å². The van der Waals surface area contributed by atoms with Gasteiger partial charge in [-0.1, -0.05) is 6.07 Å². The standard InChI is InChI=1S/C19H27N3O2/c1-13-3-4-15-16(11-13)21-18(20-15)6-9-22-10-8-19(24-2)7-5-14(23)12-17(19)22/h3-4,11,14,17,23H,5-10,12H2,1-2H3,(H,20,21)/t14-,17-,19+/m0/s1. The van der Waals surface area contributed by atoms with E-state index in [1.165, 1.54) is 5.56 Å². The maximum atomic E-state index is 10.1. The molecule has 2 heterocycles. The van der Waals surface area contributed by atoms with E-state index in [0.717, 1.165) is 62.1 Å². The van der Waals surface area contributed by atoms with E-state index in [9.17, 15) is 5.11 Å². The molecule has 1 saturated carbocycles. The number of hydrogen-bond acceptors (Lipinski definition) is 4. The van der Waals surface area contributed by atoms with Crippen LogP contribution in [0.4, 0.5) is 0 Å². The Morgan fingerprint density at radius 2 is 2.29 bits per heavy atom. The van der Waals surface area contributed by atoms with E-state index in [-0.39, 0.29) is 11.7 Å². The van der Waals surface area contributed by atoms with Crippen molar-refractivity contribution in [1.29, 1.82) is 0 Å². The molecule has 130 valence electrons. The van der Waals surface area contributed by atoms with Gasteiger partial charge < -0.3 is 14.8 Å². The van der Waals surface area contributed by atoms with Crippen molar-refractivity contribution in [3.63, 3.8) is 0 Å². The third-order valence-corrected chi connectivity index (χ3v) is 6.00. The highest BCUT2D eigenvalue weighted by molar-refractivity contribution is 5.75. The van der Waals surface area contributed by atoms with Gasteiger partial charge in [0.15, 0.2) is 0 Å². The number of ether oxygens (including phenoxy) is 1. The number of methoxy groups -OCH3 is 1. The fraction of sp³-hybridized carbons (Fsp3) is 0.632. The molecule has 1 aromatic heterocycles. The van der Waals surface area contributed by atoms with Crippen LogP contribution in [0.3, 0.4) is 0 Å². The minimum Gasteiger partial charge on any atom is -0.393 e. The SMILES string of the molecule is CO[C@@]12CC[C@H](O)C[C@@H]1N(CCc1nc3ccc(C)cc3[nH]1)CC2. The van der Waals surface area contributed by atoms with Crippen molar-refractivity contribution < 1.29 is 9.84 Å². The number of fused-ring (bicyclic) bond motifs is 2. The summed E-state index contributed by atoms with van der Waals surface area (Å²) in [4.78, 5) is 10.6. The lowest BCUT2D eigenvalue weighted by molar-refractivity contribution is -0.0867. The molecule has 24 heavy (non-hydrogen) atoms. The quantitative estimate of drug-likeness (QED) is 0.904. The number of H-pyrrole nitrogens is 1. The van der Waals surface area contributed by atoms with Crippen LogP contribution in [-0.4, -0.2) is 57.9 Å². The number of aromatic nitrogens is 2. The Morgan fingerprint density at radius 1 is 1.42 bits per heavy atom. The largest absolute Gasteiger partial charge is 0.393 e. The third kappa shape index (κ3) is 2.75. The molecule has 3 atom stereocenters. The summed E-state index contributed by atoms with van der Waals surface area (Å²) in [6.45, 7) is 4.11. The van der Waals surface area contributed by atoms with Crippen LogP contribution in [0.5, 0.6) is 0 Å². The Balaban J connectivity index is 1.46. The number of nitrogens with one attached hydrogen (secondary N) is 1. The maximum Gasteiger partial charge on any atom is 0.108 e. The molecule has 5 nitrogen and oxygen atoms in total. The molecular weight excluding hydrogens is 302 g/mol. The number of benzene rings is 1. The molecule has 1 aliphatic carbocycles. The summed E-state index contributed by atoms with van der Waals surface area (Å²) in [6, 6.07) is 6.66. The van der Waals surface area contributed by atoms with Gasteiger partial charge in [-0.15, -0.1) is 0 Å². The second-order valence-electron chi connectivity index (χ2n) is 7.45. The molecule has 0 unspecified atom stereocenters. The van der Waals surface area contributed by atoms with Gasteiger partial charge in [-0.25, -0.2) is 4.98 Å². The molecule has 2 aliphatic rings. The number of imidazole rings is 1. The highest BCUT2D eigenvalue weighted by atomic mass is 16.5. The molecular formula is C19H27N3O2. The van der Waals surface area contributed by atoms with Gasteiger partial charge in [0.25, 0.3) is 0 Å². The Hall–Kier alpha value is -1.43. The zero-order chi connectivity index (χ0) is 16.7.